The fraction of sp³-hybridized carbons (Fsp3) is 0.421. The lowest BCUT2D eigenvalue weighted by atomic mass is 9.97. The van der Waals surface area contributed by atoms with Crippen molar-refractivity contribution in [3.05, 3.63) is 52.9 Å². The number of benzene rings is 1. The molecule has 0 spiro atoms. The lowest BCUT2D eigenvalue weighted by molar-refractivity contribution is 0.195. The second kappa shape index (κ2) is 6.99. The minimum Gasteiger partial charge on any atom is -0.361 e. The number of aromatic amines is 1. The molecule has 1 atom stereocenters. The van der Waals surface area contributed by atoms with Crippen LogP contribution in [-0.2, 0) is 6.54 Å². The van der Waals surface area contributed by atoms with Crippen molar-refractivity contribution in [3.63, 3.8) is 0 Å². The summed E-state index contributed by atoms with van der Waals surface area (Å²) in [5, 5.41) is 11.4. The first kappa shape index (κ1) is 16.9. The summed E-state index contributed by atoms with van der Waals surface area (Å²) in [6.45, 7) is 6.76. The standard InChI is InChI=1S/C19H22FN5O/c1-12-17(13(2)26-24-12)11-25-9-3-4-15(10-25)19-21-18(22-23-19)14-5-7-16(20)8-6-14/h5-8,15H,3-4,9-11H2,1-2H3,(H,21,22,23). The van der Waals surface area contributed by atoms with E-state index in [-0.39, 0.29) is 5.82 Å². The molecule has 2 aromatic heterocycles. The molecule has 0 amide bonds. The zero-order valence-electron chi connectivity index (χ0n) is 15.0. The summed E-state index contributed by atoms with van der Waals surface area (Å²) in [5.41, 5.74) is 2.95. The summed E-state index contributed by atoms with van der Waals surface area (Å²) in [5.74, 6) is 2.45. The summed E-state index contributed by atoms with van der Waals surface area (Å²) in [4.78, 5) is 7.07. The van der Waals surface area contributed by atoms with Gasteiger partial charge in [-0.1, -0.05) is 5.16 Å². The van der Waals surface area contributed by atoms with Gasteiger partial charge in [0.1, 0.15) is 17.4 Å². The molecule has 1 N–H and O–H groups in total. The molecule has 0 radical (unpaired) electrons. The molecule has 1 aliphatic heterocycles. The van der Waals surface area contributed by atoms with Gasteiger partial charge in [-0.05, 0) is 57.5 Å². The Kier molecular flexibility index (Phi) is 4.55. The molecule has 136 valence electrons. The minimum atomic E-state index is -0.258. The van der Waals surface area contributed by atoms with E-state index in [2.05, 4.69) is 25.2 Å². The van der Waals surface area contributed by atoms with Crippen molar-refractivity contribution in [1.29, 1.82) is 0 Å². The molecule has 1 aromatic carbocycles. The van der Waals surface area contributed by atoms with Gasteiger partial charge in [0.2, 0.25) is 0 Å². The van der Waals surface area contributed by atoms with Crippen LogP contribution < -0.4 is 0 Å². The van der Waals surface area contributed by atoms with Crippen LogP contribution in [0.15, 0.2) is 28.8 Å². The maximum absolute atomic E-state index is 13.1. The van der Waals surface area contributed by atoms with Crippen molar-refractivity contribution in [2.45, 2.75) is 39.2 Å². The quantitative estimate of drug-likeness (QED) is 0.774. The third-order valence-corrected chi connectivity index (χ3v) is 5.06. The topological polar surface area (TPSA) is 70.8 Å². The van der Waals surface area contributed by atoms with Crippen LogP contribution in [-0.4, -0.2) is 38.3 Å². The van der Waals surface area contributed by atoms with Crippen molar-refractivity contribution in [2.75, 3.05) is 13.1 Å². The molecule has 4 rings (SSSR count). The van der Waals surface area contributed by atoms with Gasteiger partial charge >= 0.3 is 0 Å². The summed E-state index contributed by atoms with van der Waals surface area (Å²) >= 11 is 0. The highest BCUT2D eigenvalue weighted by Gasteiger charge is 2.25. The Hall–Kier alpha value is -2.54. The molecule has 6 nitrogen and oxygen atoms in total. The molecule has 1 saturated heterocycles. The van der Waals surface area contributed by atoms with Crippen molar-refractivity contribution >= 4 is 0 Å². The number of H-pyrrole nitrogens is 1. The van der Waals surface area contributed by atoms with Crippen LogP contribution in [0, 0.1) is 19.7 Å². The SMILES string of the molecule is Cc1noc(C)c1CN1CCCC(c2nc(-c3ccc(F)cc3)n[nH]2)C1. The van der Waals surface area contributed by atoms with Gasteiger partial charge in [-0.2, -0.15) is 5.10 Å². The number of nitrogens with zero attached hydrogens (tertiary/aromatic N) is 4. The third-order valence-electron chi connectivity index (χ3n) is 5.06. The van der Waals surface area contributed by atoms with Gasteiger partial charge in [0.05, 0.1) is 5.69 Å². The molecule has 0 aliphatic carbocycles. The molecular weight excluding hydrogens is 333 g/mol. The van der Waals surface area contributed by atoms with Crippen LogP contribution in [0.5, 0.6) is 0 Å². The molecule has 1 aliphatic rings. The van der Waals surface area contributed by atoms with Crippen LogP contribution >= 0.6 is 0 Å². The molecular formula is C19H22FN5O. The Bertz CT molecular complexity index is 866. The molecule has 0 bridgehead atoms. The Balaban J connectivity index is 1.47. The van der Waals surface area contributed by atoms with E-state index in [4.69, 9.17) is 4.52 Å². The van der Waals surface area contributed by atoms with Crippen molar-refractivity contribution in [1.82, 2.24) is 25.2 Å². The number of nitrogens with one attached hydrogen (secondary N) is 1. The zero-order valence-corrected chi connectivity index (χ0v) is 15.0. The first-order valence-electron chi connectivity index (χ1n) is 8.92. The predicted octanol–water partition coefficient (Wildman–Crippen LogP) is 3.60. The Morgan fingerprint density at radius 2 is 2.08 bits per heavy atom. The molecule has 3 heterocycles. The monoisotopic (exact) mass is 355 g/mol. The lowest BCUT2D eigenvalue weighted by Crippen LogP contribution is -2.34. The van der Waals surface area contributed by atoms with E-state index in [1.54, 1.807) is 12.1 Å². The van der Waals surface area contributed by atoms with Crippen molar-refractivity contribution in [3.8, 4) is 11.4 Å². The first-order chi connectivity index (χ1) is 12.6. The molecule has 3 aromatic rings. The Labute approximate surface area is 151 Å². The van der Waals surface area contributed by atoms with E-state index in [1.807, 2.05) is 13.8 Å². The fourth-order valence-corrected chi connectivity index (χ4v) is 3.56. The Morgan fingerprint density at radius 1 is 1.27 bits per heavy atom. The third kappa shape index (κ3) is 3.39. The number of hydrogen-bond donors (Lipinski definition) is 1. The van der Waals surface area contributed by atoms with Gasteiger partial charge in [-0.3, -0.25) is 10.00 Å². The number of rotatable bonds is 4. The van der Waals surface area contributed by atoms with Crippen molar-refractivity contribution < 1.29 is 8.91 Å². The predicted molar refractivity (Wildman–Crippen MR) is 95.0 cm³/mol. The molecule has 1 unspecified atom stereocenters. The van der Waals surface area contributed by atoms with Crippen LogP contribution in [0.25, 0.3) is 11.4 Å². The highest BCUT2D eigenvalue weighted by Crippen LogP contribution is 2.28. The molecule has 7 heteroatoms. The fourth-order valence-electron chi connectivity index (χ4n) is 3.56. The maximum atomic E-state index is 13.1. The van der Waals surface area contributed by atoms with Gasteiger partial charge in [0.15, 0.2) is 5.82 Å². The smallest absolute Gasteiger partial charge is 0.181 e. The van der Waals surface area contributed by atoms with Gasteiger partial charge in [-0.15, -0.1) is 0 Å². The first-order valence-corrected chi connectivity index (χ1v) is 8.92. The van der Waals surface area contributed by atoms with E-state index in [9.17, 15) is 4.39 Å². The number of hydrogen-bond acceptors (Lipinski definition) is 5. The number of aryl methyl sites for hydroxylation is 2. The van der Waals surface area contributed by atoms with Crippen molar-refractivity contribution in [2.24, 2.45) is 0 Å². The number of piperidine rings is 1. The second-order valence-corrected chi connectivity index (χ2v) is 6.93. The van der Waals surface area contributed by atoms with Gasteiger partial charge in [0, 0.05) is 30.1 Å². The van der Waals surface area contributed by atoms with E-state index in [0.717, 1.165) is 55.3 Å². The van der Waals surface area contributed by atoms with Gasteiger partial charge in [-0.25, -0.2) is 9.37 Å². The average molecular weight is 355 g/mol. The number of aromatic nitrogens is 4. The minimum absolute atomic E-state index is 0.258. The van der Waals surface area contributed by atoms with Crippen LogP contribution in [0.4, 0.5) is 4.39 Å². The average Bonchev–Trinajstić information content (AvgIpc) is 3.25. The van der Waals surface area contributed by atoms with Crippen LogP contribution in [0.3, 0.4) is 0 Å². The number of likely N-dealkylation sites (tertiary alicyclic amines) is 1. The van der Waals surface area contributed by atoms with E-state index in [0.29, 0.717) is 11.7 Å². The normalized spacial score (nSPS) is 18.3. The van der Waals surface area contributed by atoms with E-state index < -0.39 is 0 Å². The maximum Gasteiger partial charge on any atom is 0.181 e. The van der Waals surface area contributed by atoms with Gasteiger partial charge < -0.3 is 4.52 Å². The Morgan fingerprint density at radius 3 is 2.81 bits per heavy atom. The highest BCUT2D eigenvalue weighted by atomic mass is 19.1. The number of halogens is 1. The van der Waals surface area contributed by atoms with E-state index >= 15 is 0 Å². The highest BCUT2D eigenvalue weighted by molar-refractivity contribution is 5.54. The van der Waals surface area contributed by atoms with E-state index in [1.165, 1.54) is 17.7 Å². The summed E-state index contributed by atoms with van der Waals surface area (Å²) < 4.78 is 18.4. The van der Waals surface area contributed by atoms with Gasteiger partial charge in [0.25, 0.3) is 0 Å². The lowest BCUT2D eigenvalue weighted by Gasteiger charge is -2.31. The largest absolute Gasteiger partial charge is 0.361 e. The molecule has 0 saturated carbocycles. The van der Waals surface area contributed by atoms with Crippen LogP contribution in [0.2, 0.25) is 0 Å². The second-order valence-electron chi connectivity index (χ2n) is 6.93. The zero-order chi connectivity index (χ0) is 18.1. The summed E-state index contributed by atoms with van der Waals surface area (Å²) in [6, 6.07) is 6.26. The molecule has 26 heavy (non-hydrogen) atoms. The van der Waals surface area contributed by atoms with Crippen LogP contribution in [0.1, 0.15) is 41.6 Å². The summed E-state index contributed by atoms with van der Waals surface area (Å²) in [7, 11) is 0. The summed E-state index contributed by atoms with van der Waals surface area (Å²) in [6.07, 6.45) is 2.19. The molecule has 1 fully saturated rings.